The van der Waals surface area contributed by atoms with E-state index in [1.54, 1.807) is 12.1 Å². The summed E-state index contributed by atoms with van der Waals surface area (Å²) in [5.41, 5.74) is 5.92. The highest BCUT2D eigenvalue weighted by molar-refractivity contribution is 7.89. The van der Waals surface area contributed by atoms with E-state index in [0.29, 0.717) is 6.42 Å². The fraction of sp³-hybridized carbons (Fsp3) is 0.143. The number of sulfonamides is 1. The van der Waals surface area contributed by atoms with Crippen LogP contribution in [0.5, 0.6) is 5.75 Å². The number of anilines is 1. The van der Waals surface area contributed by atoms with Gasteiger partial charge in [0.25, 0.3) is 0 Å². The van der Waals surface area contributed by atoms with Gasteiger partial charge in [0.2, 0.25) is 10.0 Å². The number of para-hydroxylation sites is 1. The fourth-order valence-electron chi connectivity index (χ4n) is 1.82. The number of nitrogens with one attached hydrogen (secondary N) is 1. The first-order chi connectivity index (χ1) is 9.90. The van der Waals surface area contributed by atoms with Crippen molar-refractivity contribution in [2.45, 2.75) is 11.3 Å². The Morgan fingerprint density at radius 1 is 1.14 bits per heavy atom. The van der Waals surface area contributed by atoms with E-state index in [0.717, 1.165) is 11.6 Å². The normalized spacial score (nSPS) is 11.5. The van der Waals surface area contributed by atoms with E-state index >= 15 is 0 Å². The molecule has 0 fully saturated rings. The number of benzene rings is 2. The summed E-state index contributed by atoms with van der Waals surface area (Å²) in [6.07, 6.45) is 0.439. The minimum absolute atomic E-state index is 0.142. The van der Waals surface area contributed by atoms with Crippen LogP contribution in [-0.4, -0.2) is 20.1 Å². The topological polar surface area (TPSA) is 92.4 Å². The van der Waals surface area contributed by atoms with E-state index in [1.807, 2.05) is 0 Å². The molecule has 0 radical (unpaired) electrons. The highest BCUT2D eigenvalue weighted by atomic mass is 32.2. The molecule has 0 unspecified atom stereocenters. The minimum atomic E-state index is -3.86. The zero-order valence-corrected chi connectivity index (χ0v) is 11.9. The van der Waals surface area contributed by atoms with E-state index in [1.165, 1.54) is 24.3 Å². The molecule has 2 aromatic rings. The van der Waals surface area contributed by atoms with Gasteiger partial charge in [-0.3, -0.25) is 0 Å². The van der Waals surface area contributed by atoms with Crippen LogP contribution in [-0.2, 0) is 16.4 Å². The zero-order chi connectivity index (χ0) is 15.5. The lowest BCUT2D eigenvalue weighted by molar-refractivity contribution is 0.475. The van der Waals surface area contributed by atoms with E-state index in [-0.39, 0.29) is 17.2 Å². The molecular weight excluding hydrogens is 295 g/mol. The number of phenols is 1. The molecule has 4 N–H and O–H groups in total. The van der Waals surface area contributed by atoms with Crippen LogP contribution in [0.1, 0.15) is 5.56 Å². The Kier molecular flexibility index (Phi) is 4.44. The molecule has 2 rings (SSSR count). The molecule has 0 bridgehead atoms. The molecule has 7 heteroatoms. The molecule has 0 aromatic heterocycles. The number of nitrogens with two attached hydrogens (primary N) is 1. The summed E-state index contributed by atoms with van der Waals surface area (Å²) < 4.78 is 39.8. The van der Waals surface area contributed by atoms with Crippen LogP contribution in [0, 0.1) is 5.82 Å². The zero-order valence-electron chi connectivity index (χ0n) is 11.1. The van der Waals surface area contributed by atoms with Crippen molar-refractivity contribution in [1.29, 1.82) is 0 Å². The van der Waals surface area contributed by atoms with Crippen molar-refractivity contribution in [1.82, 2.24) is 4.72 Å². The Labute approximate surface area is 122 Å². The molecule has 0 aliphatic carbocycles. The number of nitrogen functional groups attached to an aromatic ring is 1. The van der Waals surface area contributed by atoms with E-state index in [2.05, 4.69) is 4.72 Å². The first kappa shape index (κ1) is 15.3. The highest BCUT2D eigenvalue weighted by Crippen LogP contribution is 2.20. The van der Waals surface area contributed by atoms with Crippen LogP contribution in [0.4, 0.5) is 10.1 Å². The lowest BCUT2D eigenvalue weighted by Crippen LogP contribution is -2.27. The van der Waals surface area contributed by atoms with Gasteiger partial charge in [0.1, 0.15) is 16.5 Å². The summed E-state index contributed by atoms with van der Waals surface area (Å²) in [4.78, 5) is -0.270. The Bertz CT molecular complexity index is 730. The molecule has 0 amide bonds. The lowest BCUT2D eigenvalue weighted by Gasteiger charge is -2.09. The van der Waals surface area contributed by atoms with Crippen molar-refractivity contribution in [2.75, 3.05) is 12.3 Å². The number of aromatic hydroxyl groups is 1. The average Bonchev–Trinajstić information content (AvgIpc) is 2.44. The number of phenolic OH excluding ortho intramolecular Hbond substituents is 1. The van der Waals surface area contributed by atoms with Crippen LogP contribution in [0.25, 0.3) is 0 Å². The van der Waals surface area contributed by atoms with Crippen molar-refractivity contribution in [3.63, 3.8) is 0 Å². The van der Waals surface area contributed by atoms with Gasteiger partial charge in [-0.2, -0.15) is 0 Å². The van der Waals surface area contributed by atoms with Gasteiger partial charge in [0.15, 0.2) is 0 Å². The van der Waals surface area contributed by atoms with Crippen LogP contribution in [0.2, 0.25) is 0 Å². The van der Waals surface area contributed by atoms with Crippen LogP contribution >= 0.6 is 0 Å². The standard InChI is InChI=1S/C14H15FN2O3S/c15-12-2-1-3-13(14(12)16)21(19,20)17-9-8-10-4-6-11(18)7-5-10/h1-7,17-18H,8-9,16H2. The second-order valence-corrected chi connectivity index (χ2v) is 6.20. The molecule has 0 aliphatic heterocycles. The van der Waals surface area contributed by atoms with Gasteiger partial charge in [0.05, 0.1) is 5.69 Å². The maximum Gasteiger partial charge on any atom is 0.242 e. The Morgan fingerprint density at radius 3 is 2.48 bits per heavy atom. The molecule has 112 valence electrons. The lowest BCUT2D eigenvalue weighted by atomic mass is 10.1. The summed E-state index contributed by atoms with van der Waals surface area (Å²) in [5.74, 6) is -0.622. The second-order valence-electron chi connectivity index (χ2n) is 4.47. The molecule has 5 nitrogen and oxygen atoms in total. The molecule has 0 saturated heterocycles. The quantitative estimate of drug-likeness (QED) is 0.732. The molecule has 0 aliphatic rings. The number of hydrogen-bond donors (Lipinski definition) is 3. The van der Waals surface area contributed by atoms with Gasteiger partial charge < -0.3 is 10.8 Å². The predicted octanol–water partition coefficient (Wildman–Crippen LogP) is 1.63. The Hall–Kier alpha value is -2.12. The largest absolute Gasteiger partial charge is 0.508 e. The molecule has 0 spiro atoms. The van der Waals surface area contributed by atoms with Gasteiger partial charge in [-0.1, -0.05) is 18.2 Å². The Morgan fingerprint density at radius 2 is 1.81 bits per heavy atom. The van der Waals surface area contributed by atoms with Crippen molar-refractivity contribution >= 4 is 15.7 Å². The first-order valence-corrected chi connectivity index (χ1v) is 7.70. The summed E-state index contributed by atoms with van der Waals surface area (Å²) >= 11 is 0. The minimum Gasteiger partial charge on any atom is -0.508 e. The fourth-order valence-corrected chi connectivity index (χ4v) is 2.99. The van der Waals surface area contributed by atoms with E-state index < -0.39 is 21.5 Å². The van der Waals surface area contributed by atoms with Gasteiger partial charge in [-0.15, -0.1) is 0 Å². The van der Waals surface area contributed by atoms with Crippen LogP contribution < -0.4 is 10.5 Å². The molecular formula is C14H15FN2O3S. The van der Waals surface area contributed by atoms with E-state index in [9.17, 15) is 12.8 Å². The van der Waals surface area contributed by atoms with Crippen LogP contribution in [0.15, 0.2) is 47.4 Å². The summed E-state index contributed by atoms with van der Waals surface area (Å²) in [7, 11) is -3.86. The van der Waals surface area contributed by atoms with Crippen molar-refractivity contribution < 1.29 is 17.9 Å². The third-order valence-corrected chi connectivity index (χ3v) is 4.46. The van der Waals surface area contributed by atoms with Crippen molar-refractivity contribution in [3.05, 3.63) is 53.8 Å². The summed E-state index contributed by atoms with van der Waals surface area (Å²) in [6, 6.07) is 10.1. The maximum absolute atomic E-state index is 13.3. The monoisotopic (exact) mass is 310 g/mol. The molecule has 0 atom stereocenters. The van der Waals surface area contributed by atoms with Gasteiger partial charge >= 0.3 is 0 Å². The molecule has 0 saturated carbocycles. The molecule has 2 aromatic carbocycles. The van der Waals surface area contributed by atoms with Crippen molar-refractivity contribution in [3.8, 4) is 5.75 Å². The predicted molar refractivity (Wildman–Crippen MR) is 77.8 cm³/mol. The Balaban J connectivity index is 2.05. The van der Waals surface area contributed by atoms with E-state index in [4.69, 9.17) is 10.8 Å². The SMILES string of the molecule is Nc1c(F)cccc1S(=O)(=O)NCCc1ccc(O)cc1. The second kappa shape index (κ2) is 6.11. The van der Waals surface area contributed by atoms with Gasteiger partial charge in [0, 0.05) is 6.54 Å². The summed E-state index contributed by atoms with van der Waals surface area (Å²) in [6.45, 7) is 0.142. The average molecular weight is 310 g/mol. The van der Waals surface area contributed by atoms with Gasteiger partial charge in [-0.05, 0) is 36.2 Å². The number of rotatable bonds is 5. The maximum atomic E-state index is 13.3. The third kappa shape index (κ3) is 3.71. The first-order valence-electron chi connectivity index (χ1n) is 6.22. The molecule has 0 heterocycles. The smallest absolute Gasteiger partial charge is 0.242 e. The van der Waals surface area contributed by atoms with Crippen molar-refractivity contribution in [2.24, 2.45) is 0 Å². The third-order valence-electron chi connectivity index (χ3n) is 2.94. The summed E-state index contributed by atoms with van der Waals surface area (Å²) in [5, 5.41) is 9.16. The van der Waals surface area contributed by atoms with Gasteiger partial charge in [-0.25, -0.2) is 17.5 Å². The number of hydrogen-bond acceptors (Lipinski definition) is 4. The van der Waals surface area contributed by atoms with Crippen LogP contribution in [0.3, 0.4) is 0 Å². The number of halogens is 1. The highest BCUT2D eigenvalue weighted by Gasteiger charge is 2.18. The molecule has 21 heavy (non-hydrogen) atoms.